The Labute approximate surface area is 108 Å². The third-order valence-corrected chi connectivity index (χ3v) is 3.88. The average Bonchev–Trinajstić information content (AvgIpc) is 2.63. The number of benzene rings is 1. The molecule has 0 heterocycles. The molecule has 1 N–H and O–H groups in total. The van der Waals surface area contributed by atoms with Crippen molar-refractivity contribution in [3.8, 4) is 0 Å². The van der Waals surface area contributed by atoms with E-state index in [0.29, 0.717) is 11.1 Å². The lowest BCUT2D eigenvalue weighted by molar-refractivity contribution is 0.104. The number of carbonyl (C=O) groups is 1. The maximum atomic E-state index is 12.3. The molecule has 0 fully saturated rings. The maximum absolute atomic E-state index is 12.3. The summed E-state index contributed by atoms with van der Waals surface area (Å²) in [6.07, 6.45) is 2.30. The van der Waals surface area contributed by atoms with Crippen LogP contribution in [0.2, 0.25) is 0 Å². The first-order valence-corrected chi connectivity index (χ1v) is 6.31. The first-order chi connectivity index (χ1) is 8.63. The van der Waals surface area contributed by atoms with Gasteiger partial charge in [-0.25, -0.2) is 4.21 Å². The molecule has 1 aromatic rings. The highest BCUT2D eigenvalue weighted by molar-refractivity contribution is 7.67. The van der Waals surface area contributed by atoms with E-state index in [1.807, 2.05) is 19.1 Å². The SMILES string of the molecule is Cc1ccc2c(c1)C1=C(C2=O)C(=S=O)C(O)C=C1. The number of aliphatic hydroxyl groups is 1. The standard InChI is InChI=1S/C14H10O3S/c1-7-2-3-9-10(6-7)8-4-5-11(15)14(18-17)12(8)13(9)16/h2-6,11,15H,1H3. The number of hydrogen-bond donors (Lipinski definition) is 1. The molecule has 3 nitrogen and oxygen atoms in total. The van der Waals surface area contributed by atoms with Gasteiger partial charge < -0.3 is 5.11 Å². The zero-order valence-corrected chi connectivity index (χ0v) is 10.5. The van der Waals surface area contributed by atoms with Crippen molar-refractivity contribution in [3.05, 3.63) is 52.6 Å². The Morgan fingerprint density at radius 3 is 2.78 bits per heavy atom. The van der Waals surface area contributed by atoms with Crippen molar-refractivity contribution in [2.75, 3.05) is 0 Å². The Balaban J connectivity index is 2.31. The Bertz CT molecular complexity index is 691. The monoisotopic (exact) mass is 258 g/mol. The minimum absolute atomic E-state index is 0.165. The Kier molecular flexibility index (Phi) is 2.43. The van der Waals surface area contributed by atoms with E-state index in [1.165, 1.54) is 0 Å². The lowest BCUT2D eigenvalue weighted by Crippen LogP contribution is -2.25. The summed E-state index contributed by atoms with van der Waals surface area (Å²) in [5.41, 5.74) is 3.64. The van der Waals surface area contributed by atoms with Gasteiger partial charge in [-0.1, -0.05) is 35.9 Å². The second kappa shape index (κ2) is 3.86. The molecule has 2 aliphatic rings. The molecule has 1 atom stereocenters. The molecular weight excluding hydrogens is 248 g/mol. The summed E-state index contributed by atoms with van der Waals surface area (Å²) < 4.78 is 11.1. The van der Waals surface area contributed by atoms with Crippen LogP contribution in [0, 0.1) is 6.92 Å². The van der Waals surface area contributed by atoms with Gasteiger partial charge in [-0.05, 0) is 18.1 Å². The zero-order chi connectivity index (χ0) is 12.9. The fraction of sp³-hybridized carbons (Fsp3) is 0.143. The number of allylic oxidation sites excluding steroid dienone is 2. The molecule has 1 unspecified atom stereocenters. The predicted molar refractivity (Wildman–Crippen MR) is 70.7 cm³/mol. The van der Waals surface area contributed by atoms with Gasteiger partial charge in [0.25, 0.3) is 0 Å². The van der Waals surface area contributed by atoms with Crippen LogP contribution in [0.3, 0.4) is 0 Å². The van der Waals surface area contributed by atoms with Crippen molar-refractivity contribution in [2.45, 2.75) is 13.0 Å². The number of Topliss-reactive ketones (excluding diaryl/α,β-unsaturated/α-hetero) is 1. The van der Waals surface area contributed by atoms with Crippen LogP contribution in [0.15, 0.2) is 35.9 Å². The van der Waals surface area contributed by atoms with Crippen molar-refractivity contribution in [3.63, 3.8) is 0 Å². The number of ketones is 1. The molecule has 0 saturated carbocycles. The van der Waals surface area contributed by atoms with E-state index in [2.05, 4.69) is 0 Å². The van der Waals surface area contributed by atoms with Gasteiger partial charge in [0.05, 0.1) is 16.1 Å². The van der Waals surface area contributed by atoms with Crippen LogP contribution in [0.5, 0.6) is 0 Å². The second-order valence-corrected chi connectivity index (χ2v) is 5.02. The third-order valence-electron chi connectivity index (χ3n) is 3.26. The van der Waals surface area contributed by atoms with Gasteiger partial charge in [-0.3, -0.25) is 4.79 Å². The molecule has 18 heavy (non-hydrogen) atoms. The summed E-state index contributed by atoms with van der Waals surface area (Å²) in [7, 11) is 0. The van der Waals surface area contributed by atoms with Crippen LogP contribution < -0.4 is 0 Å². The summed E-state index contributed by atoms with van der Waals surface area (Å²) in [5.74, 6) is -0.165. The van der Waals surface area contributed by atoms with Crippen LogP contribution in [-0.2, 0) is 11.3 Å². The first kappa shape index (κ1) is 11.3. The molecule has 0 amide bonds. The Hall–Kier alpha value is -1.78. The highest BCUT2D eigenvalue weighted by atomic mass is 32.1. The number of rotatable bonds is 0. The van der Waals surface area contributed by atoms with Crippen molar-refractivity contribution in [1.29, 1.82) is 0 Å². The zero-order valence-electron chi connectivity index (χ0n) is 9.64. The van der Waals surface area contributed by atoms with Gasteiger partial charge in [-0.15, -0.1) is 0 Å². The van der Waals surface area contributed by atoms with Crippen LogP contribution in [0.4, 0.5) is 0 Å². The van der Waals surface area contributed by atoms with Crippen molar-refractivity contribution >= 4 is 27.5 Å². The predicted octanol–water partition coefficient (Wildman–Crippen LogP) is 1.26. The number of carbonyl (C=O) groups excluding carboxylic acids is 1. The van der Waals surface area contributed by atoms with Crippen molar-refractivity contribution in [2.24, 2.45) is 0 Å². The van der Waals surface area contributed by atoms with E-state index >= 15 is 0 Å². The summed E-state index contributed by atoms with van der Waals surface area (Å²) in [6.45, 7) is 1.96. The van der Waals surface area contributed by atoms with Crippen LogP contribution in [0.1, 0.15) is 21.5 Å². The van der Waals surface area contributed by atoms with Gasteiger partial charge in [0, 0.05) is 11.1 Å². The lowest BCUT2D eigenvalue weighted by atomic mass is 9.95. The van der Waals surface area contributed by atoms with Gasteiger partial charge in [0.1, 0.15) is 6.10 Å². The third kappa shape index (κ3) is 1.39. The van der Waals surface area contributed by atoms with Crippen molar-refractivity contribution < 1.29 is 14.1 Å². The molecule has 0 radical (unpaired) electrons. The van der Waals surface area contributed by atoms with Gasteiger partial charge in [0.15, 0.2) is 5.78 Å². The van der Waals surface area contributed by atoms with Gasteiger partial charge in [0.2, 0.25) is 0 Å². The van der Waals surface area contributed by atoms with Gasteiger partial charge in [-0.2, -0.15) is 0 Å². The lowest BCUT2D eigenvalue weighted by Gasteiger charge is -2.13. The quantitative estimate of drug-likeness (QED) is 0.713. The normalized spacial score (nSPS) is 21.1. The molecule has 1 aromatic carbocycles. The molecule has 0 aromatic heterocycles. The number of aliphatic hydroxyl groups excluding tert-OH is 1. The summed E-state index contributed by atoms with van der Waals surface area (Å²) in [6, 6.07) is 5.59. The molecule has 0 aliphatic heterocycles. The van der Waals surface area contributed by atoms with E-state index in [4.69, 9.17) is 0 Å². The number of hydrogen-bond acceptors (Lipinski definition) is 3. The van der Waals surface area contributed by atoms with E-state index in [0.717, 1.165) is 16.7 Å². The minimum Gasteiger partial charge on any atom is -0.383 e. The van der Waals surface area contributed by atoms with Crippen LogP contribution in [0.25, 0.3) is 5.57 Å². The Morgan fingerprint density at radius 2 is 2.06 bits per heavy atom. The largest absolute Gasteiger partial charge is 0.383 e. The highest BCUT2D eigenvalue weighted by Crippen LogP contribution is 2.37. The van der Waals surface area contributed by atoms with E-state index in [-0.39, 0.29) is 21.9 Å². The second-order valence-electron chi connectivity index (χ2n) is 4.42. The number of aryl methyl sites for hydroxylation is 1. The van der Waals surface area contributed by atoms with E-state index < -0.39 is 6.10 Å². The van der Waals surface area contributed by atoms with Crippen molar-refractivity contribution in [1.82, 2.24) is 0 Å². The average molecular weight is 258 g/mol. The van der Waals surface area contributed by atoms with Gasteiger partial charge >= 0.3 is 0 Å². The van der Waals surface area contributed by atoms with Crippen LogP contribution >= 0.6 is 0 Å². The minimum atomic E-state index is -0.967. The first-order valence-electron chi connectivity index (χ1n) is 5.57. The summed E-state index contributed by atoms with van der Waals surface area (Å²) in [4.78, 5) is 12.5. The molecular formula is C14H10O3S. The van der Waals surface area contributed by atoms with E-state index in [9.17, 15) is 14.1 Å². The molecule has 0 spiro atoms. The number of fused-ring (bicyclic) bond motifs is 2. The molecule has 3 rings (SSSR count). The topological polar surface area (TPSA) is 54.4 Å². The highest BCUT2D eigenvalue weighted by Gasteiger charge is 2.35. The fourth-order valence-corrected chi connectivity index (χ4v) is 2.87. The smallest absolute Gasteiger partial charge is 0.195 e. The molecule has 0 bridgehead atoms. The van der Waals surface area contributed by atoms with Crippen LogP contribution in [-0.4, -0.2) is 26.1 Å². The molecule has 0 saturated heterocycles. The Morgan fingerprint density at radius 1 is 1.28 bits per heavy atom. The molecule has 90 valence electrons. The molecule has 4 heteroatoms. The van der Waals surface area contributed by atoms with E-state index in [1.54, 1.807) is 18.2 Å². The summed E-state index contributed by atoms with van der Waals surface area (Å²) in [5, 5.41) is 9.74. The maximum Gasteiger partial charge on any atom is 0.195 e. The fourth-order valence-electron chi connectivity index (χ4n) is 2.40. The summed E-state index contributed by atoms with van der Waals surface area (Å²) >= 11 is 0.196. The molecule has 2 aliphatic carbocycles.